The van der Waals surface area contributed by atoms with Gasteiger partial charge >= 0.3 is 0 Å². The number of rotatable bonds is 2. The molecule has 1 atom stereocenters. The van der Waals surface area contributed by atoms with E-state index in [9.17, 15) is 13.2 Å². The first-order valence-corrected chi connectivity index (χ1v) is 4.50. The lowest BCUT2D eigenvalue weighted by molar-refractivity contribution is -0.116. The van der Waals surface area contributed by atoms with Gasteiger partial charge in [-0.15, -0.1) is 0 Å². The predicted octanol–water partition coefficient (Wildman–Crippen LogP) is 0.00850. The average Bonchev–Trinajstić information content (AvgIpc) is 1.62. The van der Waals surface area contributed by atoms with E-state index in [2.05, 4.69) is 0 Å². The van der Waals surface area contributed by atoms with Crippen LogP contribution in [0.4, 0.5) is 0 Å². The van der Waals surface area contributed by atoms with E-state index in [0.717, 1.165) is 6.26 Å². The molecule has 9 heavy (non-hydrogen) atoms. The lowest BCUT2D eigenvalue weighted by Gasteiger charge is -2.01. The second-order valence-corrected chi connectivity index (χ2v) is 4.45. The van der Waals surface area contributed by atoms with Crippen molar-refractivity contribution >= 4 is 15.6 Å². The molecule has 0 aromatic heterocycles. The second-order valence-electron chi connectivity index (χ2n) is 2.08. The molecule has 0 aliphatic carbocycles. The molecule has 0 N–H and O–H groups in total. The lowest BCUT2D eigenvalue weighted by atomic mass is 10.3. The summed E-state index contributed by atoms with van der Waals surface area (Å²) in [5, 5.41) is -0.850. The summed E-state index contributed by atoms with van der Waals surface area (Å²) in [5.74, 6) is -0.308. The fourth-order valence-electron chi connectivity index (χ4n) is 0.301. The minimum absolute atomic E-state index is 0.308. The van der Waals surface area contributed by atoms with Gasteiger partial charge in [-0.2, -0.15) is 0 Å². The van der Waals surface area contributed by atoms with Gasteiger partial charge in [-0.3, -0.25) is 4.79 Å². The van der Waals surface area contributed by atoms with Crippen molar-refractivity contribution in [1.29, 1.82) is 0 Å². The molecule has 0 spiro atoms. The maximum absolute atomic E-state index is 10.6. The van der Waals surface area contributed by atoms with Gasteiger partial charge in [-0.05, 0) is 13.8 Å². The fourth-order valence-corrected chi connectivity index (χ4v) is 0.904. The van der Waals surface area contributed by atoms with Crippen LogP contribution in [0.5, 0.6) is 0 Å². The highest BCUT2D eigenvalue weighted by Gasteiger charge is 2.18. The van der Waals surface area contributed by atoms with Crippen LogP contribution in [0.1, 0.15) is 13.8 Å². The first kappa shape index (κ1) is 8.62. The molecule has 4 heteroatoms. The summed E-state index contributed by atoms with van der Waals surface area (Å²) in [5.41, 5.74) is 0. The Kier molecular flexibility index (Phi) is 2.37. The van der Waals surface area contributed by atoms with E-state index in [1.165, 1.54) is 13.8 Å². The molecule has 0 radical (unpaired) electrons. The number of Topliss-reactive ketones (excluding diaryl/α,β-unsaturated/α-hetero) is 1. The van der Waals surface area contributed by atoms with Crippen molar-refractivity contribution in [1.82, 2.24) is 0 Å². The average molecular weight is 150 g/mol. The Morgan fingerprint density at radius 3 is 1.78 bits per heavy atom. The van der Waals surface area contributed by atoms with Crippen LogP contribution in [0, 0.1) is 0 Å². The third-order valence-corrected chi connectivity index (χ3v) is 2.83. The van der Waals surface area contributed by atoms with Crippen LogP contribution in [-0.2, 0) is 14.6 Å². The molecule has 0 amide bonds. The highest BCUT2D eigenvalue weighted by atomic mass is 32.2. The van der Waals surface area contributed by atoms with Gasteiger partial charge in [0.05, 0.1) is 0 Å². The van der Waals surface area contributed by atoms with Gasteiger partial charge < -0.3 is 0 Å². The van der Waals surface area contributed by atoms with Gasteiger partial charge in [0.15, 0.2) is 9.84 Å². The first-order valence-electron chi connectivity index (χ1n) is 2.55. The molecule has 54 valence electrons. The third kappa shape index (κ3) is 2.60. The standard InChI is InChI=1S/C5H10O3S/c1-4(6)5(2)9(3,7)8/h5H,1-3H3/t5-/m0/s1. The van der Waals surface area contributed by atoms with Gasteiger partial charge in [-0.1, -0.05) is 0 Å². The monoisotopic (exact) mass is 150 g/mol. The molecule has 0 bridgehead atoms. The van der Waals surface area contributed by atoms with Gasteiger partial charge in [-0.25, -0.2) is 8.42 Å². The van der Waals surface area contributed by atoms with E-state index in [1.807, 2.05) is 0 Å². The van der Waals surface area contributed by atoms with Crippen molar-refractivity contribution < 1.29 is 13.2 Å². The van der Waals surface area contributed by atoms with Gasteiger partial charge in [0.1, 0.15) is 11.0 Å². The van der Waals surface area contributed by atoms with Crippen LogP contribution in [0.3, 0.4) is 0 Å². The highest BCUT2D eigenvalue weighted by Crippen LogP contribution is 1.97. The Hall–Kier alpha value is -0.380. The van der Waals surface area contributed by atoms with Crippen molar-refractivity contribution in [3.63, 3.8) is 0 Å². The van der Waals surface area contributed by atoms with Crippen LogP contribution in [-0.4, -0.2) is 25.7 Å². The number of ketones is 1. The topological polar surface area (TPSA) is 51.2 Å². The highest BCUT2D eigenvalue weighted by molar-refractivity contribution is 7.92. The molecule has 0 aromatic carbocycles. The molecule has 0 aliphatic rings. The lowest BCUT2D eigenvalue weighted by Crippen LogP contribution is -2.23. The molecule has 0 aromatic rings. The molecule has 0 unspecified atom stereocenters. The van der Waals surface area contributed by atoms with Crippen LogP contribution in [0.15, 0.2) is 0 Å². The van der Waals surface area contributed by atoms with E-state index in [1.54, 1.807) is 0 Å². The molecule has 0 rings (SSSR count). The minimum Gasteiger partial charge on any atom is -0.299 e. The van der Waals surface area contributed by atoms with Crippen LogP contribution < -0.4 is 0 Å². The number of carbonyl (C=O) groups is 1. The van der Waals surface area contributed by atoms with Gasteiger partial charge in [0.25, 0.3) is 0 Å². The molecule has 0 aliphatic heterocycles. The smallest absolute Gasteiger partial charge is 0.157 e. The Morgan fingerprint density at radius 2 is 1.78 bits per heavy atom. The number of sulfone groups is 1. The maximum atomic E-state index is 10.6. The van der Waals surface area contributed by atoms with Gasteiger partial charge in [0.2, 0.25) is 0 Å². The van der Waals surface area contributed by atoms with Crippen LogP contribution in [0.25, 0.3) is 0 Å². The predicted molar refractivity (Wildman–Crippen MR) is 35.0 cm³/mol. The van der Waals surface area contributed by atoms with Crippen molar-refractivity contribution in [3.8, 4) is 0 Å². The number of carbonyl (C=O) groups excluding carboxylic acids is 1. The van der Waals surface area contributed by atoms with Gasteiger partial charge in [0, 0.05) is 6.26 Å². The second kappa shape index (κ2) is 2.47. The summed E-state index contributed by atoms with van der Waals surface area (Å²) in [7, 11) is -3.15. The van der Waals surface area contributed by atoms with Crippen molar-refractivity contribution in [2.24, 2.45) is 0 Å². The molecule has 0 heterocycles. The summed E-state index contributed by atoms with van der Waals surface area (Å²) in [6, 6.07) is 0. The maximum Gasteiger partial charge on any atom is 0.157 e. The SMILES string of the molecule is CC(=O)[C@H](C)S(C)(=O)=O. The van der Waals surface area contributed by atoms with E-state index in [4.69, 9.17) is 0 Å². The molecular formula is C5H10O3S. The zero-order valence-corrected chi connectivity index (χ0v) is 6.53. The minimum atomic E-state index is -3.15. The fraction of sp³-hybridized carbons (Fsp3) is 0.800. The van der Waals surface area contributed by atoms with E-state index in [-0.39, 0.29) is 5.78 Å². The third-order valence-electron chi connectivity index (χ3n) is 1.21. The molecule has 0 saturated carbocycles. The zero-order valence-electron chi connectivity index (χ0n) is 5.71. The van der Waals surface area contributed by atoms with E-state index in [0.29, 0.717) is 0 Å². The summed E-state index contributed by atoms with van der Waals surface area (Å²) >= 11 is 0. The Balaban J connectivity index is 4.43. The normalized spacial score (nSPS) is 15.0. The molecule has 0 saturated heterocycles. The summed E-state index contributed by atoms with van der Waals surface area (Å²) in [6.07, 6.45) is 1.05. The van der Waals surface area contributed by atoms with Crippen molar-refractivity contribution in [3.05, 3.63) is 0 Å². The molecule has 0 fully saturated rings. The number of hydrogen-bond acceptors (Lipinski definition) is 3. The zero-order chi connectivity index (χ0) is 7.65. The Bertz CT molecular complexity index is 202. The summed E-state index contributed by atoms with van der Waals surface area (Å²) < 4.78 is 21.1. The summed E-state index contributed by atoms with van der Waals surface area (Å²) in [6.45, 7) is 2.66. The summed E-state index contributed by atoms with van der Waals surface area (Å²) in [4.78, 5) is 10.4. The molecule has 3 nitrogen and oxygen atoms in total. The first-order chi connectivity index (χ1) is 3.85. The molecular weight excluding hydrogens is 140 g/mol. The van der Waals surface area contributed by atoms with Crippen molar-refractivity contribution in [2.45, 2.75) is 19.1 Å². The largest absolute Gasteiger partial charge is 0.299 e. The Labute approximate surface area is 55.0 Å². The number of hydrogen-bond donors (Lipinski definition) is 0. The van der Waals surface area contributed by atoms with Crippen molar-refractivity contribution in [2.75, 3.05) is 6.26 Å². The van der Waals surface area contributed by atoms with Crippen LogP contribution in [0.2, 0.25) is 0 Å². The Morgan fingerprint density at radius 1 is 1.44 bits per heavy atom. The van der Waals surface area contributed by atoms with Crippen LogP contribution >= 0.6 is 0 Å². The van der Waals surface area contributed by atoms with E-state index >= 15 is 0 Å². The van der Waals surface area contributed by atoms with E-state index < -0.39 is 15.1 Å². The quantitative estimate of drug-likeness (QED) is 0.557.